The van der Waals surface area contributed by atoms with Crippen LogP contribution in [0.25, 0.3) is 0 Å². The molecule has 1 aromatic carbocycles. The van der Waals surface area contributed by atoms with Gasteiger partial charge >= 0.3 is 0 Å². The summed E-state index contributed by atoms with van der Waals surface area (Å²) in [4.78, 5) is 0.139. The van der Waals surface area contributed by atoms with E-state index in [9.17, 15) is 13.5 Å². The summed E-state index contributed by atoms with van der Waals surface area (Å²) in [5.41, 5.74) is 7.93. The molecule has 1 aliphatic heterocycles. The van der Waals surface area contributed by atoms with Gasteiger partial charge in [-0.05, 0) is 43.5 Å². The van der Waals surface area contributed by atoms with E-state index in [1.54, 1.807) is 12.1 Å². The van der Waals surface area contributed by atoms with Crippen LogP contribution in [0.1, 0.15) is 17.5 Å². The number of aliphatic hydroxyl groups is 1. The van der Waals surface area contributed by atoms with E-state index in [-0.39, 0.29) is 17.1 Å². The maximum absolute atomic E-state index is 12.4. The van der Waals surface area contributed by atoms with Gasteiger partial charge in [0.1, 0.15) is 4.90 Å². The summed E-state index contributed by atoms with van der Waals surface area (Å²) in [6.07, 6.45) is -0.100. The lowest BCUT2D eigenvalue weighted by Crippen LogP contribution is -2.30. The Kier molecular flexibility index (Phi) is 3.35. The summed E-state index contributed by atoms with van der Waals surface area (Å²) >= 11 is 0. The molecule has 1 heterocycles. The van der Waals surface area contributed by atoms with Crippen molar-refractivity contribution in [2.24, 2.45) is 0 Å². The molecule has 0 aliphatic carbocycles. The maximum Gasteiger partial charge on any atom is 0.245 e. The highest BCUT2D eigenvalue weighted by molar-refractivity contribution is 7.89. The van der Waals surface area contributed by atoms with E-state index in [2.05, 4.69) is 0 Å². The third-order valence-electron chi connectivity index (χ3n) is 3.37. The Morgan fingerprint density at radius 1 is 1.33 bits per heavy atom. The molecule has 2 rings (SSSR count). The van der Waals surface area contributed by atoms with Gasteiger partial charge in [-0.15, -0.1) is 0 Å². The van der Waals surface area contributed by atoms with Crippen molar-refractivity contribution in [2.75, 3.05) is 18.8 Å². The van der Waals surface area contributed by atoms with Crippen LogP contribution in [0.5, 0.6) is 0 Å². The van der Waals surface area contributed by atoms with Crippen molar-refractivity contribution in [2.45, 2.75) is 31.3 Å². The second-order valence-electron chi connectivity index (χ2n) is 4.78. The molecule has 0 radical (unpaired) electrons. The Labute approximate surface area is 107 Å². The first-order valence-electron chi connectivity index (χ1n) is 5.87. The summed E-state index contributed by atoms with van der Waals surface area (Å²) in [5, 5.41) is 9.44. The molecule has 100 valence electrons. The number of nitrogens with zero attached hydrogens (tertiary/aromatic N) is 1. The number of hydrogen-bond acceptors (Lipinski definition) is 4. The molecule has 1 aliphatic rings. The summed E-state index contributed by atoms with van der Waals surface area (Å²) in [6.45, 7) is 4.24. The number of benzene rings is 1. The van der Waals surface area contributed by atoms with Gasteiger partial charge < -0.3 is 10.8 Å². The molecule has 1 atom stereocenters. The highest BCUT2D eigenvalue weighted by atomic mass is 32.2. The number of aryl methyl sites for hydroxylation is 2. The molecular weight excluding hydrogens is 252 g/mol. The van der Waals surface area contributed by atoms with Crippen molar-refractivity contribution < 1.29 is 13.5 Å². The van der Waals surface area contributed by atoms with Gasteiger partial charge in [0.2, 0.25) is 10.0 Å². The average Bonchev–Trinajstić information content (AvgIpc) is 2.70. The number of nitrogen functional groups attached to an aromatic ring is 1. The summed E-state index contributed by atoms with van der Waals surface area (Å²) in [7, 11) is -3.59. The van der Waals surface area contributed by atoms with Crippen molar-refractivity contribution in [3.8, 4) is 0 Å². The molecule has 5 nitrogen and oxygen atoms in total. The molecule has 0 spiro atoms. The van der Waals surface area contributed by atoms with Crippen molar-refractivity contribution >= 4 is 15.7 Å². The minimum atomic E-state index is -3.59. The van der Waals surface area contributed by atoms with Crippen molar-refractivity contribution in [3.05, 3.63) is 23.3 Å². The molecule has 3 N–H and O–H groups in total. The lowest BCUT2D eigenvalue weighted by Gasteiger charge is -2.18. The van der Waals surface area contributed by atoms with Gasteiger partial charge in [-0.3, -0.25) is 0 Å². The van der Waals surface area contributed by atoms with Crippen LogP contribution in [0, 0.1) is 13.8 Å². The van der Waals surface area contributed by atoms with Crippen molar-refractivity contribution in [1.82, 2.24) is 4.31 Å². The summed E-state index contributed by atoms with van der Waals surface area (Å²) < 4.78 is 26.1. The lowest BCUT2D eigenvalue weighted by atomic mass is 10.1. The highest BCUT2D eigenvalue weighted by Gasteiger charge is 2.32. The van der Waals surface area contributed by atoms with Crippen LogP contribution in [0.15, 0.2) is 17.0 Å². The van der Waals surface area contributed by atoms with Crippen LogP contribution in [0.3, 0.4) is 0 Å². The number of aliphatic hydroxyl groups excluding tert-OH is 1. The zero-order valence-electron chi connectivity index (χ0n) is 10.5. The van der Waals surface area contributed by atoms with Crippen LogP contribution in [-0.2, 0) is 10.0 Å². The van der Waals surface area contributed by atoms with E-state index in [1.807, 2.05) is 13.8 Å². The normalized spacial score (nSPS) is 21.4. The molecular formula is C12H18N2O3S. The van der Waals surface area contributed by atoms with Crippen LogP contribution < -0.4 is 5.73 Å². The molecule has 1 saturated heterocycles. The third kappa shape index (κ3) is 2.23. The van der Waals surface area contributed by atoms with E-state index < -0.39 is 16.1 Å². The Bertz CT molecular complexity index is 569. The second-order valence-corrected chi connectivity index (χ2v) is 6.69. The largest absolute Gasteiger partial charge is 0.398 e. The predicted octanol–water partition coefficient (Wildman–Crippen LogP) is 0.641. The van der Waals surface area contributed by atoms with Gasteiger partial charge in [-0.1, -0.05) is 0 Å². The van der Waals surface area contributed by atoms with Crippen LogP contribution >= 0.6 is 0 Å². The topological polar surface area (TPSA) is 83.6 Å². The van der Waals surface area contributed by atoms with Gasteiger partial charge in [0.15, 0.2) is 0 Å². The van der Waals surface area contributed by atoms with Gasteiger partial charge in [0.25, 0.3) is 0 Å². The van der Waals surface area contributed by atoms with Crippen molar-refractivity contribution in [3.63, 3.8) is 0 Å². The average molecular weight is 270 g/mol. The summed E-state index contributed by atoms with van der Waals surface area (Å²) in [6, 6.07) is 3.28. The zero-order chi connectivity index (χ0) is 13.5. The monoisotopic (exact) mass is 270 g/mol. The second kappa shape index (κ2) is 4.53. The third-order valence-corrected chi connectivity index (χ3v) is 5.29. The molecule has 0 unspecified atom stereocenters. The first-order chi connectivity index (χ1) is 8.32. The van der Waals surface area contributed by atoms with Gasteiger partial charge in [0.05, 0.1) is 11.8 Å². The minimum Gasteiger partial charge on any atom is -0.398 e. The molecule has 1 aromatic rings. The molecule has 0 bridgehead atoms. The molecule has 18 heavy (non-hydrogen) atoms. The van der Waals surface area contributed by atoms with Gasteiger partial charge in [-0.2, -0.15) is 4.31 Å². The SMILES string of the molecule is Cc1cc(N)c(S(=O)(=O)N2CC[C@H](O)C2)cc1C. The Balaban J connectivity index is 2.45. The van der Waals surface area contributed by atoms with E-state index in [0.29, 0.717) is 13.0 Å². The quantitative estimate of drug-likeness (QED) is 0.773. The summed E-state index contributed by atoms with van der Waals surface area (Å²) in [5.74, 6) is 0. The van der Waals surface area contributed by atoms with Crippen LogP contribution in [0.2, 0.25) is 0 Å². The maximum atomic E-state index is 12.4. The Morgan fingerprint density at radius 2 is 1.94 bits per heavy atom. The van der Waals surface area contributed by atoms with Crippen molar-refractivity contribution in [1.29, 1.82) is 0 Å². The number of sulfonamides is 1. The first kappa shape index (κ1) is 13.3. The smallest absolute Gasteiger partial charge is 0.245 e. The number of hydrogen-bond donors (Lipinski definition) is 2. The number of β-amino-alcohol motifs (C(OH)–C–C–N with tert-alkyl or cyclic N) is 1. The first-order valence-corrected chi connectivity index (χ1v) is 7.31. The molecule has 6 heteroatoms. The van der Waals surface area contributed by atoms with E-state index in [0.717, 1.165) is 11.1 Å². The molecule has 1 fully saturated rings. The standard InChI is InChI=1S/C12H18N2O3S/c1-8-5-11(13)12(6-9(8)2)18(16,17)14-4-3-10(15)7-14/h5-6,10,15H,3-4,7,13H2,1-2H3/t10-/m0/s1. The lowest BCUT2D eigenvalue weighted by molar-refractivity contribution is 0.189. The number of anilines is 1. The number of rotatable bonds is 2. The van der Waals surface area contributed by atoms with E-state index >= 15 is 0 Å². The Hall–Kier alpha value is -1.11. The predicted molar refractivity (Wildman–Crippen MR) is 69.7 cm³/mol. The van der Waals surface area contributed by atoms with Crippen LogP contribution in [-0.4, -0.2) is 37.0 Å². The van der Waals surface area contributed by atoms with E-state index in [4.69, 9.17) is 5.73 Å². The fourth-order valence-corrected chi connectivity index (χ4v) is 3.78. The fourth-order valence-electron chi connectivity index (χ4n) is 2.10. The fraction of sp³-hybridized carbons (Fsp3) is 0.500. The minimum absolute atomic E-state index is 0.139. The van der Waals surface area contributed by atoms with Gasteiger partial charge in [0, 0.05) is 13.1 Å². The Morgan fingerprint density at radius 3 is 2.50 bits per heavy atom. The van der Waals surface area contributed by atoms with Crippen LogP contribution in [0.4, 0.5) is 5.69 Å². The van der Waals surface area contributed by atoms with Gasteiger partial charge in [-0.25, -0.2) is 8.42 Å². The molecule has 0 amide bonds. The van der Waals surface area contributed by atoms with E-state index in [1.165, 1.54) is 4.31 Å². The molecule has 0 aromatic heterocycles. The highest BCUT2D eigenvalue weighted by Crippen LogP contribution is 2.27. The number of nitrogens with two attached hydrogens (primary N) is 1. The molecule has 0 saturated carbocycles. The zero-order valence-corrected chi connectivity index (χ0v) is 11.4.